The van der Waals surface area contributed by atoms with Gasteiger partial charge in [-0.25, -0.2) is 9.78 Å². The fraction of sp³-hybridized carbons (Fsp3) is 0.250. The third-order valence-electron chi connectivity index (χ3n) is 2.68. The summed E-state index contributed by atoms with van der Waals surface area (Å²) in [5.74, 6) is -0.879. The molecule has 2 aromatic rings. The summed E-state index contributed by atoms with van der Waals surface area (Å²) in [5, 5.41) is 0. The molecular weight excluding hydrogens is 311 g/mol. The van der Waals surface area contributed by atoms with Crippen LogP contribution in [0.15, 0.2) is 42.5 Å². The maximum absolute atomic E-state index is 12.1. The van der Waals surface area contributed by atoms with Crippen LogP contribution in [0.4, 0.5) is 13.2 Å². The van der Waals surface area contributed by atoms with Gasteiger partial charge in [0, 0.05) is 5.56 Å². The van der Waals surface area contributed by atoms with E-state index < -0.39 is 12.3 Å². The smallest absolute Gasteiger partial charge is 0.458 e. The number of aromatic nitrogens is 1. The summed E-state index contributed by atoms with van der Waals surface area (Å²) in [6, 6.07) is 10.0. The van der Waals surface area contributed by atoms with Gasteiger partial charge in [0.2, 0.25) is 0 Å². The Hall–Kier alpha value is -2.57. The average molecular weight is 325 g/mol. The molecule has 122 valence electrons. The van der Waals surface area contributed by atoms with E-state index in [1.165, 1.54) is 30.3 Å². The highest BCUT2D eigenvalue weighted by Gasteiger charge is 2.30. The number of hydrogen-bond donors (Lipinski definition) is 0. The zero-order valence-corrected chi connectivity index (χ0v) is 12.4. The second-order valence-electron chi connectivity index (χ2n) is 4.93. The Labute approximate surface area is 130 Å². The van der Waals surface area contributed by atoms with E-state index in [2.05, 4.69) is 9.72 Å². The number of alkyl halides is 3. The van der Waals surface area contributed by atoms with Crippen molar-refractivity contribution in [2.75, 3.05) is 0 Å². The summed E-state index contributed by atoms with van der Waals surface area (Å²) in [5.41, 5.74) is 1.13. The normalized spacial score (nSPS) is 11.4. The van der Waals surface area contributed by atoms with Gasteiger partial charge in [-0.1, -0.05) is 6.07 Å². The summed E-state index contributed by atoms with van der Waals surface area (Å²) in [4.78, 5) is 16.0. The number of rotatable bonds is 4. The summed E-state index contributed by atoms with van der Waals surface area (Å²) in [6.07, 6.45) is -5.01. The van der Waals surface area contributed by atoms with Crippen LogP contribution in [0.25, 0.3) is 11.3 Å². The van der Waals surface area contributed by atoms with Crippen molar-refractivity contribution < 1.29 is 27.4 Å². The van der Waals surface area contributed by atoms with Crippen LogP contribution in [0.2, 0.25) is 0 Å². The number of carbonyl (C=O) groups excluding carboxylic acids is 1. The van der Waals surface area contributed by atoms with Gasteiger partial charge >= 0.3 is 12.3 Å². The number of carbonyl (C=O) groups is 1. The van der Waals surface area contributed by atoms with Gasteiger partial charge in [-0.2, -0.15) is 0 Å². The highest BCUT2D eigenvalue weighted by Crippen LogP contribution is 2.25. The SMILES string of the molecule is CC(C)OC(=O)c1cccc(-c2ccc(OC(F)(F)F)cc2)n1. The molecule has 0 radical (unpaired) electrons. The molecule has 0 bridgehead atoms. The van der Waals surface area contributed by atoms with Crippen molar-refractivity contribution >= 4 is 5.97 Å². The second kappa shape index (κ2) is 6.68. The quantitative estimate of drug-likeness (QED) is 0.790. The lowest BCUT2D eigenvalue weighted by atomic mass is 10.1. The minimum Gasteiger partial charge on any atom is -0.458 e. The molecular formula is C16H14F3NO3. The fourth-order valence-corrected chi connectivity index (χ4v) is 1.81. The van der Waals surface area contributed by atoms with Gasteiger partial charge in [-0.3, -0.25) is 0 Å². The number of ether oxygens (including phenoxy) is 2. The van der Waals surface area contributed by atoms with Crippen molar-refractivity contribution in [2.24, 2.45) is 0 Å². The minimum absolute atomic E-state index is 0.131. The molecule has 1 aromatic carbocycles. The molecule has 0 N–H and O–H groups in total. The second-order valence-corrected chi connectivity index (χ2v) is 4.93. The van der Waals surface area contributed by atoms with E-state index in [-0.39, 0.29) is 17.5 Å². The van der Waals surface area contributed by atoms with Crippen LogP contribution < -0.4 is 4.74 Å². The summed E-state index contributed by atoms with van der Waals surface area (Å²) in [6.45, 7) is 3.45. The molecule has 4 nitrogen and oxygen atoms in total. The van der Waals surface area contributed by atoms with Crippen LogP contribution in [0.5, 0.6) is 5.75 Å². The number of pyridine rings is 1. The number of halogens is 3. The van der Waals surface area contributed by atoms with E-state index in [0.29, 0.717) is 11.3 Å². The van der Waals surface area contributed by atoms with Gasteiger partial charge in [0.05, 0.1) is 11.8 Å². The molecule has 7 heteroatoms. The molecule has 2 rings (SSSR count). The first kappa shape index (κ1) is 16.8. The van der Waals surface area contributed by atoms with Crippen LogP contribution in [0.3, 0.4) is 0 Å². The molecule has 0 atom stereocenters. The molecule has 0 saturated heterocycles. The van der Waals surface area contributed by atoms with Crippen molar-refractivity contribution in [1.29, 1.82) is 0 Å². The standard InChI is InChI=1S/C16H14F3NO3/c1-10(2)22-15(21)14-5-3-4-13(20-14)11-6-8-12(9-7-11)23-16(17,18)19/h3-10H,1-2H3. The van der Waals surface area contributed by atoms with Gasteiger partial charge in [0.15, 0.2) is 0 Å². The number of esters is 1. The first-order valence-corrected chi connectivity index (χ1v) is 6.79. The van der Waals surface area contributed by atoms with Gasteiger partial charge in [0.1, 0.15) is 11.4 Å². The molecule has 0 spiro atoms. The zero-order chi connectivity index (χ0) is 17.0. The van der Waals surface area contributed by atoms with Gasteiger partial charge in [-0.05, 0) is 50.2 Å². The van der Waals surface area contributed by atoms with E-state index in [0.717, 1.165) is 0 Å². The van der Waals surface area contributed by atoms with Crippen LogP contribution in [0.1, 0.15) is 24.3 Å². The third kappa shape index (κ3) is 4.98. The Morgan fingerprint density at radius 1 is 1.09 bits per heavy atom. The molecule has 0 unspecified atom stereocenters. The first-order chi connectivity index (χ1) is 10.7. The lowest BCUT2D eigenvalue weighted by molar-refractivity contribution is -0.274. The highest BCUT2D eigenvalue weighted by molar-refractivity contribution is 5.88. The maximum atomic E-state index is 12.1. The summed E-state index contributed by atoms with van der Waals surface area (Å²) < 4.78 is 45.2. The molecule has 0 aliphatic carbocycles. The number of hydrogen-bond acceptors (Lipinski definition) is 4. The Kier molecular flexibility index (Phi) is 4.88. The van der Waals surface area contributed by atoms with E-state index in [1.807, 2.05) is 0 Å². The van der Waals surface area contributed by atoms with E-state index >= 15 is 0 Å². The lowest BCUT2D eigenvalue weighted by Crippen LogP contribution is -2.16. The number of benzene rings is 1. The van der Waals surface area contributed by atoms with Crippen molar-refractivity contribution in [3.8, 4) is 17.0 Å². The Morgan fingerprint density at radius 2 is 1.74 bits per heavy atom. The topological polar surface area (TPSA) is 48.4 Å². The highest BCUT2D eigenvalue weighted by atomic mass is 19.4. The molecule has 0 aliphatic rings. The van der Waals surface area contributed by atoms with Crippen LogP contribution in [0, 0.1) is 0 Å². The van der Waals surface area contributed by atoms with E-state index in [4.69, 9.17) is 4.74 Å². The van der Waals surface area contributed by atoms with Crippen molar-refractivity contribution in [2.45, 2.75) is 26.3 Å². The Balaban J connectivity index is 2.20. The molecule has 1 heterocycles. The third-order valence-corrected chi connectivity index (χ3v) is 2.68. The van der Waals surface area contributed by atoms with Gasteiger partial charge in [-0.15, -0.1) is 13.2 Å². The predicted octanol–water partition coefficient (Wildman–Crippen LogP) is 4.21. The van der Waals surface area contributed by atoms with Crippen molar-refractivity contribution in [3.05, 3.63) is 48.2 Å². The molecule has 23 heavy (non-hydrogen) atoms. The molecule has 0 amide bonds. The lowest BCUT2D eigenvalue weighted by Gasteiger charge is -2.10. The van der Waals surface area contributed by atoms with Crippen LogP contribution >= 0.6 is 0 Å². The minimum atomic E-state index is -4.74. The van der Waals surface area contributed by atoms with Crippen molar-refractivity contribution in [3.63, 3.8) is 0 Å². The molecule has 0 fully saturated rings. The molecule has 1 aromatic heterocycles. The van der Waals surface area contributed by atoms with Crippen molar-refractivity contribution in [1.82, 2.24) is 4.98 Å². The summed E-state index contributed by atoms with van der Waals surface area (Å²) >= 11 is 0. The first-order valence-electron chi connectivity index (χ1n) is 6.79. The Bertz CT molecular complexity index is 682. The fourth-order valence-electron chi connectivity index (χ4n) is 1.81. The Morgan fingerprint density at radius 3 is 2.30 bits per heavy atom. The molecule has 0 aliphatic heterocycles. The van der Waals surface area contributed by atoms with Gasteiger partial charge < -0.3 is 9.47 Å². The van der Waals surface area contributed by atoms with E-state index in [9.17, 15) is 18.0 Å². The monoisotopic (exact) mass is 325 g/mol. The predicted molar refractivity (Wildman–Crippen MR) is 76.9 cm³/mol. The van der Waals surface area contributed by atoms with Gasteiger partial charge in [0.25, 0.3) is 0 Å². The average Bonchev–Trinajstić information content (AvgIpc) is 2.46. The maximum Gasteiger partial charge on any atom is 0.573 e. The molecule has 0 saturated carbocycles. The van der Waals surface area contributed by atoms with Crippen LogP contribution in [-0.4, -0.2) is 23.4 Å². The summed E-state index contributed by atoms with van der Waals surface area (Å²) in [7, 11) is 0. The van der Waals surface area contributed by atoms with Crippen LogP contribution in [-0.2, 0) is 4.74 Å². The largest absolute Gasteiger partial charge is 0.573 e. The zero-order valence-electron chi connectivity index (χ0n) is 12.4. The van der Waals surface area contributed by atoms with E-state index in [1.54, 1.807) is 26.0 Å². The number of nitrogens with zero attached hydrogens (tertiary/aromatic N) is 1.